The highest BCUT2D eigenvalue weighted by Crippen LogP contribution is 1.98. The highest BCUT2D eigenvalue weighted by molar-refractivity contribution is 7.92. The lowest BCUT2D eigenvalue weighted by molar-refractivity contribution is -0.142. The van der Waals surface area contributed by atoms with Gasteiger partial charge in [-0.05, 0) is 20.8 Å². The van der Waals surface area contributed by atoms with E-state index in [4.69, 9.17) is 4.74 Å². The molecule has 0 aliphatic heterocycles. The Labute approximate surface area is 97.5 Å². The third kappa shape index (κ3) is 6.79. The molecule has 0 aromatic heterocycles. The second kappa shape index (κ2) is 7.62. The van der Waals surface area contributed by atoms with Crippen LogP contribution in [0, 0.1) is 0 Å². The van der Waals surface area contributed by atoms with Crippen LogP contribution >= 0.6 is 0 Å². The summed E-state index contributed by atoms with van der Waals surface area (Å²) in [5.41, 5.74) is 0. The molecule has 0 unspecified atom stereocenters. The minimum Gasteiger partial charge on any atom is -0.466 e. The number of hydrogen-bond acceptors (Lipinski definition) is 5. The predicted molar refractivity (Wildman–Crippen MR) is 63.0 cm³/mol. The lowest BCUT2D eigenvalue weighted by Gasteiger charge is -2.08. The fourth-order valence-electron chi connectivity index (χ4n) is 0.999. The molecule has 0 fully saturated rings. The van der Waals surface area contributed by atoms with E-state index in [1.165, 1.54) is 0 Å². The number of nitrogens with one attached hydrogen (secondary N) is 1. The molecule has 0 bridgehead atoms. The Hall–Kier alpha value is -0.620. The fraction of sp³-hybridized carbons (Fsp3) is 0.900. The molecule has 0 amide bonds. The molecule has 0 atom stereocenters. The quantitative estimate of drug-likeness (QED) is 0.498. The maximum atomic E-state index is 11.4. The van der Waals surface area contributed by atoms with Crippen molar-refractivity contribution in [2.75, 3.05) is 25.4 Å². The van der Waals surface area contributed by atoms with Gasteiger partial charge < -0.3 is 10.1 Å². The summed E-state index contributed by atoms with van der Waals surface area (Å²) < 4.78 is 27.5. The van der Waals surface area contributed by atoms with Gasteiger partial charge in [0.1, 0.15) is 0 Å². The van der Waals surface area contributed by atoms with Crippen LogP contribution in [0.15, 0.2) is 0 Å². The van der Waals surface area contributed by atoms with E-state index in [-0.39, 0.29) is 23.4 Å². The van der Waals surface area contributed by atoms with Gasteiger partial charge in [0.2, 0.25) is 0 Å². The summed E-state index contributed by atoms with van der Waals surface area (Å²) in [4.78, 5) is 10.9. The molecule has 0 radical (unpaired) electrons. The van der Waals surface area contributed by atoms with Crippen LogP contribution in [0.3, 0.4) is 0 Å². The van der Waals surface area contributed by atoms with Crippen molar-refractivity contribution in [2.45, 2.75) is 32.4 Å². The topological polar surface area (TPSA) is 72.5 Å². The normalized spacial score (nSPS) is 11.8. The van der Waals surface area contributed by atoms with Crippen molar-refractivity contribution in [1.82, 2.24) is 5.32 Å². The van der Waals surface area contributed by atoms with Crippen molar-refractivity contribution < 1.29 is 17.9 Å². The first-order valence-corrected chi connectivity index (χ1v) is 7.19. The Morgan fingerprint density at radius 1 is 1.31 bits per heavy atom. The summed E-state index contributed by atoms with van der Waals surface area (Å²) in [6, 6.07) is 0. The Kier molecular flexibility index (Phi) is 7.33. The van der Waals surface area contributed by atoms with Gasteiger partial charge in [-0.25, -0.2) is 8.42 Å². The van der Waals surface area contributed by atoms with Crippen LogP contribution in [0.5, 0.6) is 0 Å². The van der Waals surface area contributed by atoms with E-state index in [1.807, 2.05) is 0 Å². The van der Waals surface area contributed by atoms with Crippen molar-refractivity contribution in [2.24, 2.45) is 0 Å². The monoisotopic (exact) mass is 251 g/mol. The molecule has 96 valence electrons. The summed E-state index contributed by atoms with van der Waals surface area (Å²) in [5.74, 6) is -0.158. The molecule has 0 aliphatic rings. The summed E-state index contributed by atoms with van der Waals surface area (Å²) in [7, 11) is -2.99. The Bertz CT molecular complexity index is 298. The van der Waals surface area contributed by atoms with Gasteiger partial charge in [-0.15, -0.1) is 0 Å². The van der Waals surface area contributed by atoms with E-state index < -0.39 is 9.84 Å². The number of carbonyl (C=O) groups excluding carboxylic acids is 1. The van der Waals surface area contributed by atoms with Gasteiger partial charge in [0, 0.05) is 13.1 Å². The summed E-state index contributed by atoms with van der Waals surface area (Å²) in [5, 5.41) is 2.56. The van der Waals surface area contributed by atoms with E-state index in [1.54, 1.807) is 20.8 Å². The number of sulfone groups is 1. The maximum absolute atomic E-state index is 11.4. The Morgan fingerprint density at radius 2 is 1.94 bits per heavy atom. The van der Waals surface area contributed by atoms with Crippen molar-refractivity contribution in [3.05, 3.63) is 0 Å². The fourth-order valence-corrected chi connectivity index (χ4v) is 1.90. The van der Waals surface area contributed by atoms with E-state index >= 15 is 0 Å². The van der Waals surface area contributed by atoms with Crippen molar-refractivity contribution in [3.8, 4) is 0 Å². The number of hydrogen-bond donors (Lipinski definition) is 1. The first-order valence-electron chi connectivity index (χ1n) is 5.48. The first kappa shape index (κ1) is 15.4. The van der Waals surface area contributed by atoms with E-state index in [9.17, 15) is 13.2 Å². The molecule has 0 heterocycles. The number of rotatable bonds is 8. The lowest BCUT2D eigenvalue weighted by Crippen LogP contribution is -2.28. The third-order valence-electron chi connectivity index (χ3n) is 2.09. The smallest absolute Gasteiger partial charge is 0.307 e. The number of esters is 1. The molecule has 0 aromatic carbocycles. The standard InChI is InChI=1S/C10H21NO4S/c1-4-15-10(12)5-6-11-7-8-16(13,14)9(2)3/h9,11H,4-8H2,1-3H3. The van der Waals surface area contributed by atoms with Crippen LogP contribution in [0.2, 0.25) is 0 Å². The summed E-state index contributed by atoms with van der Waals surface area (Å²) in [6.45, 7) is 6.27. The minimum atomic E-state index is -2.99. The molecule has 0 aromatic rings. The highest BCUT2D eigenvalue weighted by Gasteiger charge is 2.14. The van der Waals surface area contributed by atoms with Gasteiger partial charge in [0.25, 0.3) is 0 Å². The molecule has 1 N–H and O–H groups in total. The van der Waals surface area contributed by atoms with E-state index in [0.717, 1.165) is 0 Å². The van der Waals surface area contributed by atoms with Gasteiger partial charge in [0.05, 0.1) is 24.0 Å². The second-order valence-corrected chi connectivity index (χ2v) is 6.40. The zero-order valence-corrected chi connectivity index (χ0v) is 11.0. The maximum Gasteiger partial charge on any atom is 0.307 e. The average Bonchev–Trinajstić information content (AvgIpc) is 2.17. The molecular weight excluding hydrogens is 230 g/mol. The summed E-state index contributed by atoms with van der Waals surface area (Å²) >= 11 is 0. The van der Waals surface area contributed by atoms with Crippen molar-refractivity contribution in [1.29, 1.82) is 0 Å². The van der Waals surface area contributed by atoms with Gasteiger partial charge in [-0.1, -0.05) is 0 Å². The SMILES string of the molecule is CCOC(=O)CCNCCS(=O)(=O)C(C)C. The molecule has 16 heavy (non-hydrogen) atoms. The second-order valence-electron chi connectivity index (χ2n) is 3.72. The van der Waals surface area contributed by atoms with Crippen LogP contribution in [0.25, 0.3) is 0 Å². The first-order chi connectivity index (χ1) is 7.40. The molecule has 0 spiro atoms. The minimum absolute atomic E-state index is 0.105. The van der Waals surface area contributed by atoms with E-state index in [2.05, 4.69) is 5.32 Å². The Balaban J connectivity index is 3.59. The molecular formula is C10H21NO4S. The Morgan fingerprint density at radius 3 is 2.44 bits per heavy atom. The van der Waals surface area contributed by atoms with Crippen molar-refractivity contribution >= 4 is 15.8 Å². The van der Waals surface area contributed by atoms with Gasteiger partial charge in [-0.3, -0.25) is 4.79 Å². The van der Waals surface area contributed by atoms with E-state index in [0.29, 0.717) is 19.7 Å². The third-order valence-corrected chi connectivity index (χ3v) is 4.30. The molecule has 5 nitrogen and oxygen atoms in total. The van der Waals surface area contributed by atoms with Crippen LogP contribution in [-0.4, -0.2) is 45.1 Å². The van der Waals surface area contributed by atoms with Crippen LogP contribution < -0.4 is 5.32 Å². The van der Waals surface area contributed by atoms with Crippen LogP contribution in [-0.2, 0) is 19.4 Å². The van der Waals surface area contributed by atoms with Gasteiger partial charge in [-0.2, -0.15) is 0 Å². The molecule has 6 heteroatoms. The predicted octanol–water partition coefficient (Wildman–Crippen LogP) is 0.352. The molecule has 0 aliphatic carbocycles. The largest absolute Gasteiger partial charge is 0.466 e. The molecule has 0 rings (SSSR count). The van der Waals surface area contributed by atoms with Crippen LogP contribution in [0.4, 0.5) is 0 Å². The van der Waals surface area contributed by atoms with Gasteiger partial charge in [0.15, 0.2) is 9.84 Å². The van der Waals surface area contributed by atoms with Crippen LogP contribution in [0.1, 0.15) is 27.2 Å². The number of carbonyl (C=O) groups is 1. The number of ether oxygens (including phenoxy) is 1. The average molecular weight is 251 g/mol. The highest BCUT2D eigenvalue weighted by atomic mass is 32.2. The van der Waals surface area contributed by atoms with Gasteiger partial charge >= 0.3 is 5.97 Å². The zero-order chi connectivity index (χ0) is 12.6. The summed E-state index contributed by atoms with van der Waals surface area (Å²) in [6.07, 6.45) is 0.273. The zero-order valence-electron chi connectivity index (χ0n) is 10.2. The molecule has 0 saturated heterocycles. The van der Waals surface area contributed by atoms with Crippen molar-refractivity contribution in [3.63, 3.8) is 0 Å². The molecule has 0 saturated carbocycles. The lowest BCUT2D eigenvalue weighted by atomic mass is 10.4.